The lowest BCUT2D eigenvalue weighted by atomic mass is 9.92. The Morgan fingerprint density at radius 2 is 1.91 bits per heavy atom. The summed E-state index contributed by atoms with van der Waals surface area (Å²) in [6.45, 7) is 1.90. The predicted octanol–water partition coefficient (Wildman–Crippen LogP) is 4.64. The first kappa shape index (κ1) is 19.7. The van der Waals surface area contributed by atoms with E-state index in [1.165, 1.54) is 0 Å². The van der Waals surface area contributed by atoms with Crippen molar-refractivity contribution >= 4 is 44.9 Å². The van der Waals surface area contributed by atoms with Crippen LogP contribution < -0.4 is 10.2 Å². The zero-order valence-electron chi connectivity index (χ0n) is 17.4. The summed E-state index contributed by atoms with van der Waals surface area (Å²) in [5, 5.41) is 18.6. The van der Waals surface area contributed by atoms with Crippen molar-refractivity contribution in [2.45, 2.75) is 13.0 Å². The van der Waals surface area contributed by atoms with Gasteiger partial charge in [0.05, 0.1) is 23.1 Å². The number of nitrogens with one attached hydrogen (secondary N) is 1. The minimum absolute atomic E-state index is 0.115. The molecule has 4 heterocycles. The maximum atomic E-state index is 13.2. The summed E-state index contributed by atoms with van der Waals surface area (Å²) in [7, 11) is 0. The molecule has 2 aromatic carbocycles. The normalized spacial score (nSPS) is 16.4. The number of carbonyl (C=O) groups excluding carboxylic acids is 1. The van der Waals surface area contributed by atoms with Crippen LogP contribution in [0.1, 0.15) is 22.9 Å². The van der Waals surface area contributed by atoms with Gasteiger partial charge in [-0.05, 0) is 49.4 Å². The smallest absolute Gasteiger partial charge is 0.291 e. The van der Waals surface area contributed by atoms with Crippen molar-refractivity contribution in [1.29, 1.82) is 0 Å². The summed E-state index contributed by atoms with van der Waals surface area (Å²) >= 11 is 3.52. The lowest BCUT2D eigenvalue weighted by molar-refractivity contribution is -0.110. The highest BCUT2D eigenvalue weighted by Gasteiger charge is 2.43. The molecule has 0 unspecified atom stereocenters. The molecule has 0 saturated heterocycles. The standard InChI is InChI=1S/C24H17BrN6O2/c1-13-20-21(15-12-14(25)9-10-18(15)32)30-17-7-3-2-6-16(17)27-24(33)23(30)28-22(20)31(29-13)19-8-4-5-11-26-19/h2-12,21,32H,1H3,(H,27,33)/t21-/m0/s1. The van der Waals surface area contributed by atoms with Crippen molar-refractivity contribution in [3.63, 3.8) is 0 Å². The SMILES string of the molecule is Cc1nn(-c2ccccn2)c2c1[C@H](c1cc(Br)ccc1O)N1C(=N2)C(=O)Nc2ccccc21. The van der Waals surface area contributed by atoms with Crippen LogP contribution >= 0.6 is 15.9 Å². The molecule has 4 aromatic rings. The summed E-state index contributed by atoms with van der Waals surface area (Å²) in [4.78, 5) is 24.2. The van der Waals surface area contributed by atoms with Gasteiger partial charge in [0.25, 0.3) is 5.91 Å². The molecule has 8 nitrogen and oxygen atoms in total. The summed E-state index contributed by atoms with van der Waals surface area (Å²) < 4.78 is 2.45. The van der Waals surface area contributed by atoms with Crippen LogP contribution in [-0.4, -0.2) is 31.6 Å². The van der Waals surface area contributed by atoms with Crippen LogP contribution in [0, 0.1) is 6.92 Å². The summed E-state index contributed by atoms with van der Waals surface area (Å²) in [6, 6.07) is 17.8. The maximum absolute atomic E-state index is 13.2. The van der Waals surface area contributed by atoms with Crippen LogP contribution in [0.5, 0.6) is 5.75 Å². The third-order valence-corrected chi connectivity index (χ3v) is 6.31. The first-order valence-corrected chi connectivity index (χ1v) is 11.1. The number of rotatable bonds is 2. The molecule has 6 rings (SSSR count). The number of amides is 1. The number of nitrogens with zero attached hydrogens (tertiary/aromatic N) is 5. The minimum atomic E-state index is -0.533. The fourth-order valence-corrected chi connectivity index (χ4v) is 4.80. The van der Waals surface area contributed by atoms with Crippen LogP contribution in [-0.2, 0) is 4.79 Å². The number of benzene rings is 2. The lowest BCUT2D eigenvalue weighted by Gasteiger charge is -2.40. The molecule has 0 fully saturated rings. The molecular weight excluding hydrogens is 484 g/mol. The van der Waals surface area contributed by atoms with Crippen molar-refractivity contribution in [2.75, 3.05) is 10.2 Å². The average Bonchev–Trinajstić information content (AvgIpc) is 3.16. The predicted molar refractivity (Wildman–Crippen MR) is 128 cm³/mol. The number of amidine groups is 1. The molecule has 0 saturated carbocycles. The quantitative estimate of drug-likeness (QED) is 0.418. The van der Waals surface area contributed by atoms with Crippen LogP contribution in [0.25, 0.3) is 5.82 Å². The van der Waals surface area contributed by atoms with Crippen molar-refractivity contribution in [1.82, 2.24) is 14.8 Å². The number of fused-ring (bicyclic) bond motifs is 4. The Labute approximate surface area is 197 Å². The van der Waals surface area contributed by atoms with Gasteiger partial charge < -0.3 is 15.3 Å². The summed E-state index contributed by atoms with van der Waals surface area (Å²) in [5.74, 6) is 1.11. The molecule has 162 valence electrons. The van der Waals surface area contributed by atoms with Crippen molar-refractivity contribution in [3.8, 4) is 11.6 Å². The van der Waals surface area contributed by atoms with Crippen molar-refractivity contribution in [2.24, 2.45) is 4.99 Å². The zero-order valence-corrected chi connectivity index (χ0v) is 19.0. The minimum Gasteiger partial charge on any atom is -0.508 e. The van der Waals surface area contributed by atoms with E-state index in [1.807, 2.05) is 60.4 Å². The number of hydrogen-bond acceptors (Lipinski definition) is 6. The van der Waals surface area contributed by atoms with Gasteiger partial charge in [-0.25, -0.2) is 9.98 Å². The second kappa shape index (κ2) is 7.28. The largest absolute Gasteiger partial charge is 0.508 e. The number of anilines is 2. The summed E-state index contributed by atoms with van der Waals surface area (Å²) in [6.07, 6.45) is 1.68. The van der Waals surface area contributed by atoms with E-state index in [1.54, 1.807) is 23.0 Å². The Morgan fingerprint density at radius 3 is 2.73 bits per heavy atom. The van der Waals surface area contributed by atoms with Crippen LogP contribution in [0.3, 0.4) is 0 Å². The maximum Gasteiger partial charge on any atom is 0.291 e. The number of pyridine rings is 1. The second-order valence-electron chi connectivity index (χ2n) is 7.80. The van der Waals surface area contributed by atoms with E-state index in [0.29, 0.717) is 22.9 Å². The second-order valence-corrected chi connectivity index (χ2v) is 8.72. The van der Waals surface area contributed by atoms with Gasteiger partial charge in [-0.15, -0.1) is 0 Å². The third kappa shape index (κ3) is 2.96. The Morgan fingerprint density at radius 1 is 1.09 bits per heavy atom. The third-order valence-electron chi connectivity index (χ3n) is 5.82. The Kier molecular flexibility index (Phi) is 4.34. The first-order valence-electron chi connectivity index (χ1n) is 10.3. The number of aliphatic imine (C=N–C) groups is 1. The molecule has 33 heavy (non-hydrogen) atoms. The molecule has 2 aromatic heterocycles. The number of aromatic nitrogens is 3. The topological polar surface area (TPSA) is 95.6 Å². The molecule has 9 heteroatoms. The fraction of sp³-hybridized carbons (Fsp3) is 0.0833. The number of halogens is 1. The Bertz CT molecular complexity index is 1460. The number of aromatic hydroxyl groups is 1. The van der Waals surface area contributed by atoms with Crippen LogP contribution in [0.2, 0.25) is 0 Å². The molecule has 2 aliphatic rings. The fourth-order valence-electron chi connectivity index (χ4n) is 4.42. The number of phenolic OH excluding ortho intramolecular Hbond substituents is 1. The molecule has 2 N–H and O–H groups in total. The van der Waals surface area contributed by atoms with Gasteiger partial charge in [-0.3, -0.25) is 4.79 Å². The molecule has 1 amide bonds. The molecule has 2 aliphatic heterocycles. The Balaban J connectivity index is 1.69. The van der Waals surface area contributed by atoms with E-state index < -0.39 is 6.04 Å². The summed E-state index contributed by atoms with van der Waals surface area (Å²) in [5.41, 5.74) is 3.62. The first-order chi connectivity index (χ1) is 16.0. The molecule has 0 bridgehead atoms. The van der Waals surface area contributed by atoms with Gasteiger partial charge in [0.1, 0.15) is 5.75 Å². The van der Waals surface area contributed by atoms with Crippen molar-refractivity contribution < 1.29 is 9.90 Å². The highest BCUT2D eigenvalue weighted by molar-refractivity contribution is 9.10. The van der Waals surface area contributed by atoms with Gasteiger partial charge in [0.2, 0.25) is 5.84 Å². The number of hydrogen-bond donors (Lipinski definition) is 2. The van der Waals surface area contributed by atoms with E-state index in [-0.39, 0.29) is 17.5 Å². The monoisotopic (exact) mass is 500 g/mol. The van der Waals surface area contributed by atoms with E-state index in [2.05, 4.69) is 26.2 Å². The molecule has 1 atom stereocenters. The molecule has 0 aliphatic carbocycles. The van der Waals surface area contributed by atoms with Gasteiger partial charge in [-0.2, -0.15) is 9.78 Å². The highest BCUT2D eigenvalue weighted by Crippen LogP contribution is 2.49. The molecular formula is C24H17BrN6O2. The van der Waals surface area contributed by atoms with Gasteiger partial charge in [0.15, 0.2) is 11.6 Å². The van der Waals surface area contributed by atoms with Gasteiger partial charge >= 0.3 is 0 Å². The average molecular weight is 501 g/mol. The van der Waals surface area contributed by atoms with Crippen LogP contribution in [0.4, 0.5) is 17.2 Å². The van der Waals surface area contributed by atoms with E-state index in [4.69, 9.17) is 10.1 Å². The van der Waals surface area contributed by atoms with E-state index in [0.717, 1.165) is 21.4 Å². The lowest BCUT2D eigenvalue weighted by Crippen LogP contribution is -2.48. The number of aryl methyl sites for hydroxylation is 1. The number of para-hydroxylation sites is 2. The van der Waals surface area contributed by atoms with E-state index >= 15 is 0 Å². The molecule has 0 spiro atoms. The highest BCUT2D eigenvalue weighted by atomic mass is 79.9. The Hall–Kier alpha value is -3.98. The van der Waals surface area contributed by atoms with Gasteiger partial charge in [-0.1, -0.05) is 34.1 Å². The van der Waals surface area contributed by atoms with Crippen LogP contribution in [0.15, 0.2) is 76.3 Å². The van der Waals surface area contributed by atoms with E-state index in [9.17, 15) is 9.90 Å². The number of carbonyl (C=O) groups is 1. The number of phenols is 1. The zero-order chi connectivity index (χ0) is 22.7. The molecule has 0 radical (unpaired) electrons. The van der Waals surface area contributed by atoms with Gasteiger partial charge in [0, 0.05) is 21.8 Å². The van der Waals surface area contributed by atoms with Crippen molar-refractivity contribution in [3.05, 3.63) is 88.2 Å².